The van der Waals surface area contributed by atoms with Gasteiger partial charge in [-0.25, -0.2) is 4.39 Å². The fourth-order valence-electron chi connectivity index (χ4n) is 2.28. The van der Waals surface area contributed by atoms with E-state index in [1.54, 1.807) is 6.07 Å². The molecule has 0 bridgehead atoms. The highest BCUT2D eigenvalue weighted by Gasteiger charge is 2.30. The van der Waals surface area contributed by atoms with Gasteiger partial charge in [-0.3, -0.25) is 4.79 Å². The number of benzene rings is 1. The molecule has 1 aliphatic heterocycles. The molecule has 1 aromatic rings. The van der Waals surface area contributed by atoms with Gasteiger partial charge in [0.15, 0.2) is 0 Å². The maximum Gasteiger partial charge on any atom is 0.245 e. The predicted molar refractivity (Wildman–Crippen MR) is 88.8 cm³/mol. The maximum absolute atomic E-state index is 13.8. The third-order valence-corrected chi connectivity index (χ3v) is 4.19. The van der Waals surface area contributed by atoms with Gasteiger partial charge < -0.3 is 20.7 Å². The number of ether oxygens (including phenoxy) is 1. The summed E-state index contributed by atoms with van der Waals surface area (Å²) in [6.07, 6.45) is 0.861. The summed E-state index contributed by atoms with van der Waals surface area (Å²) in [5.41, 5.74) is 7.02. The Hall–Kier alpha value is -1.09. The molecular weight excluding hydrogens is 388 g/mol. The van der Waals surface area contributed by atoms with Gasteiger partial charge in [-0.15, -0.1) is 0 Å². The monoisotopic (exact) mass is 407 g/mol. The molecule has 1 unspecified atom stereocenters. The van der Waals surface area contributed by atoms with E-state index in [-0.39, 0.29) is 18.3 Å². The van der Waals surface area contributed by atoms with E-state index in [0.29, 0.717) is 34.6 Å². The van der Waals surface area contributed by atoms with Crippen LogP contribution in [0.4, 0.5) is 15.8 Å². The first-order valence-electron chi connectivity index (χ1n) is 6.91. The molecule has 0 aromatic heterocycles. The van der Waals surface area contributed by atoms with Crippen LogP contribution in [0.2, 0.25) is 0 Å². The fourth-order valence-corrected chi connectivity index (χ4v) is 2.77. The number of morpholine rings is 1. The van der Waals surface area contributed by atoms with Crippen molar-refractivity contribution in [1.29, 1.82) is 0 Å². The van der Waals surface area contributed by atoms with E-state index in [1.807, 2.05) is 34.4 Å². The minimum absolute atomic E-state index is 0.116. The molecule has 1 aromatic carbocycles. The van der Waals surface area contributed by atoms with Crippen LogP contribution >= 0.6 is 22.6 Å². The minimum Gasteiger partial charge on any atom is -0.397 e. The lowest BCUT2D eigenvalue weighted by Gasteiger charge is -2.37. The van der Waals surface area contributed by atoms with Crippen LogP contribution in [0.5, 0.6) is 0 Å². The molecule has 1 atom stereocenters. The summed E-state index contributed by atoms with van der Waals surface area (Å²) in [6.45, 7) is 3.88. The van der Waals surface area contributed by atoms with Gasteiger partial charge in [0.1, 0.15) is 11.9 Å². The molecule has 2 rings (SSSR count). The number of hydrogen-bond donors (Lipinski definition) is 2. The molecule has 5 nitrogen and oxygen atoms in total. The first-order valence-corrected chi connectivity index (χ1v) is 7.99. The molecule has 1 heterocycles. The van der Waals surface area contributed by atoms with E-state index in [2.05, 4.69) is 5.32 Å². The molecule has 21 heavy (non-hydrogen) atoms. The molecule has 1 saturated heterocycles. The summed E-state index contributed by atoms with van der Waals surface area (Å²) in [4.78, 5) is 14.1. The quantitative estimate of drug-likeness (QED) is 0.590. The van der Waals surface area contributed by atoms with Crippen LogP contribution in [0.25, 0.3) is 0 Å². The average Bonchev–Trinajstić information content (AvgIpc) is 2.48. The van der Waals surface area contributed by atoms with Gasteiger partial charge in [0.2, 0.25) is 5.91 Å². The number of nitrogens with zero attached hydrogens (tertiary/aromatic N) is 1. The number of amides is 1. The van der Waals surface area contributed by atoms with Crippen LogP contribution in [-0.4, -0.2) is 38.3 Å². The third kappa shape index (κ3) is 3.76. The van der Waals surface area contributed by atoms with Gasteiger partial charge >= 0.3 is 0 Å². The lowest BCUT2D eigenvalue weighted by atomic mass is 10.1. The van der Waals surface area contributed by atoms with Gasteiger partial charge in [-0.1, -0.05) is 6.92 Å². The lowest BCUT2D eigenvalue weighted by Crippen LogP contribution is -2.54. The standard InChI is InChI=1S/C14H19FIN3O2/c1-2-3-18-14(20)13-8-21-5-4-19(13)12-6-9(15)10(16)7-11(12)17/h6-7,13H,2-5,8,17H2,1H3,(H,18,20). The number of nitrogens with two attached hydrogens (primary N) is 1. The Morgan fingerprint density at radius 2 is 2.38 bits per heavy atom. The molecule has 0 aliphatic carbocycles. The van der Waals surface area contributed by atoms with Crippen LogP contribution < -0.4 is 16.0 Å². The topological polar surface area (TPSA) is 67.6 Å². The molecule has 7 heteroatoms. The second-order valence-corrected chi connectivity index (χ2v) is 6.06. The normalized spacial score (nSPS) is 18.6. The molecule has 116 valence electrons. The van der Waals surface area contributed by atoms with Crippen molar-refractivity contribution in [3.8, 4) is 0 Å². The highest BCUT2D eigenvalue weighted by molar-refractivity contribution is 14.1. The molecule has 1 fully saturated rings. The zero-order valence-corrected chi connectivity index (χ0v) is 14.0. The van der Waals surface area contributed by atoms with Gasteiger partial charge in [0.05, 0.1) is 28.2 Å². The Bertz CT molecular complexity index is 527. The van der Waals surface area contributed by atoms with Crippen molar-refractivity contribution in [2.24, 2.45) is 0 Å². The van der Waals surface area contributed by atoms with Crippen LogP contribution in [0.15, 0.2) is 12.1 Å². The predicted octanol–water partition coefficient (Wildman–Crippen LogP) is 1.74. The van der Waals surface area contributed by atoms with Gasteiger partial charge in [0, 0.05) is 19.2 Å². The first kappa shape index (κ1) is 16.3. The van der Waals surface area contributed by atoms with Crippen molar-refractivity contribution in [2.75, 3.05) is 36.9 Å². The van der Waals surface area contributed by atoms with E-state index in [0.717, 1.165) is 6.42 Å². The summed E-state index contributed by atoms with van der Waals surface area (Å²) in [5, 5.41) is 2.85. The first-order chi connectivity index (χ1) is 10.0. The number of rotatable bonds is 4. The number of anilines is 2. The van der Waals surface area contributed by atoms with Gasteiger partial charge in [-0.2, -0.15) is 0 Å². The SMILES string of the molecule is CCCNC(=O)C1COCCN1c1cc(F)c(I)cc1N. The molecule has 0 radical (unpaired) electrons. The average molecular weight is 407 g/mol. The third-order valence-electron chi connectivity index (χ3n) is 3.36. The van der Waals surface area contributed by atoms with Gasteiger partial charge in [-0.05, 0) is 35.1 Å². The second kappa shape index (κ2) is 7.26. The van der Waals surface area contributed by atoms with Gasteiger partial charge in [0.25, 0.3) is 0 Å². The van der Waals surface area contributed by atoms with E-state index in [1.165, 1.54) is 6.07 Å². The molecule has 1 amide bonds. The highest BCUT2D eigenvalue weighted by Crippen LogP contribution is 2.30. The summed E-state index contributed by atoms with van der Waals surface area (Å²) in [6, 6.07) is 2.50. The molecule has 1 aliphatic rings. The van der Waals surface area contributed by atoms with Crippen molar-refractivity contribution in [3.63, 3.8) is 0 Å². The second-order valence-electron chi connectivity index (χ2n) is 4.90. The summed E-state index contributed by atoms with van der Waals surface area (Å²) < 4.78 is 19.7. The Morgan fingerprint density at radius 3 is 3.10 bits per heavy atom. The van der Waals surface area contributed by atoms with Crippen LogP contribution in [0.1, 0.15) is 13.3 Å². The minimum atomic E-state index is -0.480. The number of nitrogens with one attached hydrogen (secondary N) is 1. The summed E-state index contributed by atoms with van der Waals surface area (Å²) in [5.74, 6) is -0.450. The number of halogens is 2. The van der Waals surface area contributed by atoms with E-state index < -0.39 is 6.04 Å². The molecule has 0 saturated carbocycles. The highest BCUT2D eigenvalue weighted by atomic mass is 127. The zero-order valence-electron chi connectivity index (χ0n) is 11.9. The number of carbonyl (C=O) groups excluding carboxylic acids is 1. The smallest absolute Gasteiger partial charge is 0.245 e. The fraction of sp³-hybridized carbons (Fsp3) is 0.500. The van der Waals surface area contributed by atoms with Crippen molar-refractivity contribution in [3.05, 3.63) is 21.5 Å². The van der Waals surface area contributed by atoms with E-state index >= 15 is 0 Å². The van der Waals surface area contributed by atoms with Crippen molar-refractivity contribution in [2.45, 2.75) is 19.4 Å². The zero-order chi connectivity index (χ0) is 15.4. The number of nitrogen functional groups attached to an aromatic ring is 1. The van der Waals surface area contributed by atoms with Crippen LogP contribution in [-0.2, 0) is 9.53 Å². The van der Waals surface area contributed by atoms with E-state index in [9.17, 15) is 9.18 Å². The Morgan fingerprint density at radius 1 is 1.62 bits per heavy atom. The van der Waals surface area contributed by atoms with Crippen LogP contribution in [0.3, 0.4) is 0 Å². The van der Waals surface area contributed by atoms with Crippen molar-refractivity contribution in [1.82, 2.24) is 5.32 Å². The molecule has 0 spiro atoms. The number of hydrogen-bond acceptors (Lipinski definition) is 4. The van der Waals surface area contributed by atoms with Crippen LogP contribution in [0, 0.1) is 9.39 Å². The van der Waals surface area contributed by atoms with E-state index in [4.69, 9.17) is 10.5 Å². The Balaban J connectivity index is 2.26. The van der Waals surface area contributed by atoms with Crippen molar-refractivity contribution < 1.29 is 13.9 Å². The molecule has 3 N–H and O–H groups in total. The number of carbonyl (C=O) groups is 1. The maximum atomic E-state index is 13.8. The molecular formula is C14H19FIN3O2. The van der Waals surface area contributed by atoms with Crippen molar-refractivity contribution >= 4 is 39.9 Å². The summed E-state index contributed by atoms with van der Waals surface area (Å²) >= 11 is 1.90. The largest absolute Gasteiger partial charge is 0.397 e. The Kier molecular flexibility index (Phi) is 5.63. The lowest BCUT2D eigenvalue weighted by molar-refractivity contribution is -0.124. The summed E-state index contributed by atoms with van der Waals surface area (Å²) in [7, 11) is 0. The Labute approximate surface area is 137 Å².